The van der Waals surface area contributed by atoms with E-state index in [0.717, 1.165) is 5.82 Å². The van der Waals surface area contributed by atoms with Crippen LogP contribution < -0.4 is 0 Å². The molecule has 4 nitrogen and oxygen atoms in total. The Balaban J connectivity index is 2.53. The maximum atomic E-state index is 5.31. The van der Waals surface area contributed by atoms with Crippen LogP contribution in [0.1, 0.15) is 26.0 Å². The fraction of sp³-hybridized carbons (Fsp3) is 0.625. The zero-order valence-electron chi connectivity index (χ0n) is 7.41. The second kappa shape index (κ2) is 4.90. The quantitative estimate of drug-likeness (QED) is 0.681. The van der Waals surface area contributed by atoms with Crippen molar-refractivity contribution in [2.75, 3.05) is 13.2 Å². The van der Waals surface area contributed by atoms with Crippen LogP contribution in [0.5, 0.6) is 0 Å². The number of imidazole rings is 1. The Morgan fingerprint density at radius 3 is 2.50 bits per heavy atom. The maximum Gasteiger partial charge on any atom is 0.217 e. The van der Waals surface area contributed by atoms with E-state index in [9.17, 15) is 0 Å². The van der Waals surface area contributed by atoms with Crippen molar-refractivity contribution in [1.29, 1.82) is 0 Å². The van der Waals surface area contributed by atoms with Gasteiger partial charge in [0.1, 0.15) is 0 Å². The van der Waals surface area contributed by atoms with Crippen molar-refractivity contribution < 1.29 is 9.47 Å². The number of nitrogens with zero attached hydrogens (tertiary/aromatic N) is 1. The third-order valence-corrected chi connectivity index (χ3v) is 1.38. The van der Waals surface area contributed by atoms with Gasteiger partial charge in [0.25, 0.3) is 0 Å². The number of ether oxygens (including phenoxy) is 2. The molecule has 0 atom stereocenters. The summed E-state index contributed by atoms with van der Waals surface area (Å²) >= 11 is 0. The molecule has 0 spiro atoms. The van der Waals surface area contributed by atoms with E-state index in [0.29, 0.717) is 13.2 Å². The summed E-state index contributed by atoms with van der Waals surface area (Å²) in [5, 5.41) is 0. The average Bonchev–Trinajstić information content (AvgIpc) is 2.56. The van der Waals surface area contributed by atoms with Crippen molar-refractivity contribution >= 4 is 0 Å². The van der Waals surface area contributed by atoms with Crippen LogP contribution in [-0.4, -0.2) is 23.2 Å². The average molecular weight is 170 g/mol. The predicted octanol–water partition coefficient (Wildman–Crippen LogP) is 1.48. The third kappa shape index (κ3) is 2.32. The molecule has 1 aromatic rings. The van der Waals surface area contributed by atoms with Gasteiger partial charge in [-0.2, -0.15) is 0 Å². The van der Waals surface area contributed by atoms with Crippen molar-refractivity contribution in [1.82, 2.24) is 9.97 Å². The van der Waals surface area contributed by atoms with E-state index in [1.54, 1.807) is 12.4 Å². The highest BCUT2D eigenvalue weighted by atomic mass is 16.7. The zero-order valence-corrected chi connectivity index (χ0v) is 7.41. The smallest absolute Gasteiger partial charge is 0.217 e. The lowest BCUT2D eigenvalue weighted by Gasteiger charge is -2.13. The molecule has 0 saturated heterocycles. The fourth-order valence-corrected chi connectivity index (χ4v) is 0.915. The molecule has 1 rings (SSSR count). The molecule has 1 N–H and O–H groups in total. The molecule has 12 heavy (non-hydrogen) atoms. The van der Waals surface area contributed by atoms with Crippen LogP contribution in [0.15, 0.2) is 12.4 Å². The molecule has 0 radical (unpaired) electrons. The Hall–Kier alpha value is -0.870. The van der Waals surface area contributed by atoms with E-state index in [2.05, 4.69) is 9.97 Å². The Morgan fingerprint density at radius 2 is 2.08 bits per heavy atom. The molecule has 4 heteroatoms. The summed E-state index contributed by atoms with van der Waals surface area (Å²) < 4.78 is 10.6. The van der Waals surface area contributed by atoms with E-state index in [1.165, 1.54) is 0 Å². The summed E-state index contributed by atoms with van der Waals surface area (Å²) in [5.41, 5.74) is 0. The van der Waals surface area contributed by atoms with Gasteiger partial charge in [0, 0.05) is 25.6 Å². The van der Waals surface area contributed by atoms with E-state index >= 15 is 0 Å². The molecule has 0 saturated carbocycles. The third-order valence-electron chi connectivity index (χ3n) is 1.38. The molecule has 0 unspecified atom stereocenters. The minimum absolute atomic E-state index is 0.352. The molecule has 0 fully saturated rings. The molecule has 0 aliphatic carbocycles. The summed E-state index contributed by atoms with van der Waals surface area (Å²) in [5.74, 6) is 0.721. The van der Waals surface area contributed by atoms with Gasteiger partial charge < -0.3 is 14.5 Å². The Morgan fingerprint density at radius 1 is 1.42 bits per heavy atom. The van der Waals surface area contributed by atoms with Crippen LogP contribution in [0.25, 0.3) is 0 Å². The molecule has 0 amide bonds. The van der Waals surface area contributed by atoms with Crippen molar-refractivity contribution in [2.45, 2.75) is 20.1 Å². The van der Waals surface area contributed by atoms with Gasteiger partial charge in [-0.3, -0.25) is 0 Å². The van der Waals surface area contributed by atoms with Gasteiger partial charge in [-0.15, -0.1) is 0 Å². The highest BCUT2D eigenvalue weighted by Crippen LogP contribution is 2.13. The SMILES string of the molecule is CCOC(OCC)c1ncc[nH]1. The first kappa shape index (κ1) is 9.22. The Labute approximate surface area is 71.9 Å². The van der Waals surface area contributed by atoms with Crippen LogP contribution in [-0.2, 0) is 9.47 Å². The van der Waals surface area contributed by atoms with E-state index in [1.807, 2.05) is 13.8 Å². The summed E-state index contributed by atoms with van der Waals surface area (Å²) in [6, 6.07) is 0. The first-order chi connectivity index (χ1) is 5.88. The van der Waals surface area contributed by atoms with Crippen LogP contribution >= 0.6 is 0 Å². The van der Waals surface area contributed by atoms with Gasteiger partial charge in [-0.05, 0) is 13.8 Å². The number of hydrogen-bond donors (Lipinski definition) is 1. The van der Waals surface area contributed by atoms with Crippen LogP contribution in [0.3, 0.4) is 0 Å². The van der Waals surface area contributed by atoms with Crippen molar-refractivity contribution in [3.05, 3.63) is 18.2 Å². The second-order valence-electron chi connectivity index (χ2n) is 2.22. The maximum absolute atomic E-state index is 5.31. The second-order valence-corrected chi connectivity index (χ2v) is 2.22. The minimum atomic E-state index is -0.352. The number of hydrogen-bond acceptors (Lipinski definition) is 3. The number of aromatic amines is 1. The lowest BCUT2D eigenvalue weighted by atomic mass is 10.6. The highest BCUT2D eigenvalue weighted by Gasteiger charge is 2.12. The van der Waals surface area contributed by atoms with Gasteiger partial charge in [0.05, 0.1) is 0 Å². The lowest BCUT2D eigenvalue weighted by molar-refractivity contribution is -0.144. The fourth-order valence-electron chi connectivity index (χ4n) is 0.915. The molecule has 1 heterocycles. The molecule has 1 aromatic heterocycles. The molecular weight excluding hydrogens is 156 g/mol. The van der Waals surface area contributed by atoms with Gasteiger partial charge in [0.2, 0.25) is 6.29 Å². The lowest BCUT2D eigenvalue weighted by Crippen LogP contribution is -2.10. The normalized spacial score (nSPS) is 10.9. The molecule has 0 aromatic carbocycles. The molecule has 68 valence electrons. The van der Waals surface area contributed by atoms with Gasteiger partial charge in [-0.1, -0.05) is 0 Å². The van der Waals surface area contributed by atoms with E-state index < -0.39 is 0 Å². The van der Waals surface area contributed by atoms with Gasteiger partial charge >= 0.3 is 0 Å². The van der Waals surface area contributed by atoms with Gasteiger partial charge in [0.15, 0.2) is 5.82 Å². The Kier molecular flexibility index (Phi) is 3.76. The van der Waals surface area contributed by atoms with Crippen LogP contribution in [0.2, 0.25) is 0 Å². The first-order valence-corrected chi connectivity index (χ1v) is 4.11. The van der Waals surface area contributed by atoms with Gasteiger partial charge in [-0.25, -0.2) is 4.98 Å². The van der Waals surface area contributed by atoms with Crippen LogP contribution in [0.4, 0.5) is 0 Å². The number of rotatable bonds is 5. The number of H-pyrrole nitrogens is 1. The summed E-state index contributed by atoms with van der Waals surface area (Å²) in [6.45, 7) is 5.08. The Bertz CT molecular complexity index is 193. The molecule has 0 aliphatic heterocycles. The van der Waals surface area contributed by atoms with Crippen molar-refractivity contribution in [3.8, 4) is 0 Å². The largest absolute Gasteiger partial charge is 0.346 e. The minimum Gasteiger partial charge on any atom is -0.346 e. The topological polar surface area (TPSA) is 47.1 Å². The van der Waals surface area contributed by atoms with Crippen LogP contribution in [0, 0.1) is 0 Å². The molecular formula is C8H14N2O2. The molecule has 0 bridgehead atoms. The van der Waals surface area contributed by atoms with E-state index in [-0.39, 0.29) is 6.29 Å². The standard InChI is InChI=1S/C8H14N2O2/c1-3-11-8(12-4-2)7-9-5-6-10-7/h5-6,8H,3-4H2,1-2H3,(H,9,10). The van der Waals surface area contributed by atoms with Crippen molar-refractivity contribution in [2.24, 2.45) is 0 Å². The summed E-state index contributed by atoms with van der Waals surface area (Å²) in [6.07, 6.45) is 3.08. The summed E-state index contributed by atoms with van der Waals surface area (Å²) in [7, 11) is 0. The number of aromatic nitrogens is 2. The predicted molar refractivity (Wildman–Crippen MR) is 44.6 cm³/mol. The monoisotopic (exact) mass is 170 g/mol. The van der Waals surface area contributed by atoms with E-state index in [4.69, 9.17) is 9.47 Å². The zero-order chi connectivity index (χ0) is 8.81. The first-order valence-electron chi connectivity index (χ1n) is 4.11. The number of nitrogens with one attached hydrogen (secondary N) is 1. The highest BCUT2D eigenvalue weighted by molar-refractivity contribution is 4.88. The molecule has 0 aliphatic rings. The van der Waals surface area contributed by atoms with Crippen molar-refractivity contribution in [3.63, 3.8) is 0 Å². The summed E-state index contributed by atoms with van der Waals surface area (Å²) in [4.78, 5) is 6.99.